The molecule has 1 heterocycles. The summed E-state index contributed by atoms with van der Waals surface area (Å²) in [5.41, 5.74) is 0.799. The summed E-state index contributed by atoms with van der Waals surface area (Å²) < 4.78 is 5.10. The van der Waals surface area contributed by atoms with Crippen LogP contribution in [0.3, 0.4) is 0 Å². The standard InChI is InChI=1S/C15H23N3O2/c1-16-11-12-7-9-18(10-8-12)15(19)17-13-3-5-14(20-2)6-4-13/h3-6,12,16H,7-11H2,1-2H3,(H,17,19). The molecule has 1 saturated heterocycles. The molecule has 0 aliphatic carbocycles. The first kappa shape index (κ1) is 14.7. The number of carbonyl (C=O) groups is 1. The highest BCUT2D eigenvalue weighted by molar-refractivity contribution is 5.89. The lowest BCUT2D eigenvalue weighted by molar-refractivity contribution is 0.182. The van der Waals surface area contributed by atoms with E-state index in [9.17, 15) is 4.79 Å². The summed E-state index contributed by atoms with van der Waals surface area (Å²) in [5.74, 6) is 1.47. The lowest BCUT2D eigenvalue weighted by Gasteiger charge is -2.31. The summed E-state index contributed by atoms with van der Waals surface area (Å²) in [5, 5.41) is 6.13. The zero-order valence-electron chi connectivity index (χ0n) is 12.2. The van der Waals surface area contributed by atoms with Crippen molar-refractivity contribution in [1.82, 2.24) is 10.2 Å². The summed E-state index contributed by atoms with van der Waals surface area (Å²) in [7, 11) is 3.60. The van der Waals surface area contributed by atoms with E-state index in [-0.39, 0.29) is 6.03 Å². The van der Waals surface area contributed by atoms with Gasteiger partial charge < -0.3 is 20.3 Å². The van der Waals surface area contributed by atoms with Gasteiger partial charge in [-0.05, 0) is 56.6 Å². The fraction of sp³-hybridized carbons (Fsp3) is 0.533. The molecule has 110 valence electrons. The van der Waals surface area contributed by atoms with Crippen LogP contribution in [0.5, 0.6) is 5.75 Å². The number of ether oxygens (including phenoxy) is 1. The zero-order valence-corrected chi connectivity index (χ0v) is 12.2. The van der Waals surface area contributed by atoms with Crippen LogP contribution in [0, 0.1) is 5.92 Å². The van der Waals surface area contributed by atoms with E-state index in [2.05, 4.69) is 10.6 Å². The predicted octanol–water partition coefficient (Wildman–Crippen LogP) is 2.16. The number of likely N-dealkylation sites (tertiary alicyclic amines) is 1. The summed E-state index contributed by atoms with van der Waals surface area (Å²) in [6.07, 6.45) is 2.13. The number of piperidine rings is 1. The van der Waals surface area contributed by atoms with Gasteiger partial charge in [0, 0.05) is 18.8 Å². The number of benzene rings is 1. The summed E-state index contributed by atoms with van der Waals surface area (Å²) in [4.78, 5) is 14.0. The molecule has 0 aromatic heterocycles. The van der Waals surface area contributed by atoms with E-state index in [1.54, 1.807) is 7.11 Å². The van der Waals surface area contributed by atoms with Gasteiger partial charge in [-0.25, -0.2) is 4.79 Å². The van der Waals surface area contributed by atoms with Crippen LogP contribution in [0.15, 0.2) is 24.3 Å². The van der Waals surface area contributed by atoms with Crippen LogP contribution < -0.4 is 15.4 Å². The molecule has 0 atom stereocenters. The van der Waals surface area contributed by atoms with Crippen molar-refractivity contribution in [3.63, 3.8) is 0 Å². The van der Waals surface area contributed by atoms with Crippen molar-refractivity contribution in [2.75, 3.05) is 39.1 Å². The Balaban J connectivity index is 1.83. The average molecular weight is 277 g/mol. The number of methoxy groups -OCH3 is 1. The Morgan fingerprint density at radius 3 is 2.50 bits per heavy atom. The third-order valence-corrected chi connectivity index (χ3v) is 3.74. The highest BCUT2D eigenvalue weighted by Gasteiger charge is 2.22. The van der Waals surface area contributed by atoms with E-state index in [1.165, 1.54) is 0 Å². The topological polar surface area (TPSA) is 53.6 Å². The van der Waals surface area contributed by atoms with Crippen molar-refractivity contribution in [2.24, 2.45) is 5.92 Å². The van der Waals surface area contributed by atoms with Gasteiger partial charge in [-0.3, -0.25) is 0 Å². The van der Waals surface area contributed by atoms with Crippen LogP contribution in [-0.2, 0) is 0 Å². The quantitative estimate of drug-likeness (QED) is 0.886. The lowest BCUT2D eigenvalue weighted by atomic mass is 9.97. The Bertz CT molecular complexity index is 425. The number of urea groups is 1. The van der Waals surface area contributed by atoms with E-state index in [1.807, 2.05) is 36.2 Å². The minimum Gasteiger partial charge on any atom is -0.497 e. The minimum atomic E-state index is -0.0157. The van der Waals surface area contributed by atoms with Crippen molar-refractivity contribution >= 4 is 11.7 Å². The molecule has 1 aliphatic rings. The Labute approximate surface area is 120 Å². The largest absolute Gasteiger partial charge is 0.497 e. The number of anilines is 1. The maximum absolute atomic E-state index is 12.2. The molecule has 2 amide bonds. The first-order chi connectivity index (χ1) is 9.72. The van der Waals surface area contributed by atoms with Crippen molar-refractivity contribution < 1.29 is 9.53 Å². The lowest BCUT2D eigenvalue weighted by Crippen LogP contribution is -2.42. The molecule has 1 fully saturated rings. The smallest absolute Gasteiger partial charge is 0.321 e. The van der Waals surface area contributed by atoms with Crippen LogP contribution in [0.25, 0.3) is 0 Å². The van der Waals surface area contributed by atoms with Crippen LogP contribution >= 0.6 is 0 Å². The maximum atomic E-state index is 12.2. The summed E-state index contributed by atoms with van der Waals surface area (Å²) >= 11 is 0. The van der Waals surface area contributed by atoms with Gasteiger partial charge in [0.1, 0.15) is 5.75 Å². The van der Waals surface area contributed by atoms with Crippen molar-refractivity contribution in [3.8, 4) is 5.75 Å². The Kier molecular flexibility index (Phi) is 5.24. The van der Waals surface area contributed by atoms with Crippen LogP contribution in [0.1, 0.15) is 12.8 Å². The van der Waals surface area contributed by atoms with Gasteiger partial charge in [0.15, 0.2) is 0 Å². The first-order valence-corrected chi connectivity index (χ1v) is 7.07. The van der Waals surface area contributed by atoms with Crippen LogP contribution in [0.2, 0.25) is 0 Å². The monoisotopic (exact) mass is 277 g/mol. The van der Waals surface area contributed by atoms with E-state index < -0.39 is 0 Å². The molecule has 0 unspecified atom stereocenters. The number of hydrogen-bond acceptors (Lipinski definition) is 3. The second kappa shape index (κ2) is 7.14. The molecule has 1 aliphatic heterocycles. The van der Waals surface area contributed by atoms with Crippen LogP contribution in [0.4, 0.5) is 10.5 Å². The molecular formula is C15H23N3O2. The minimum absolute atomic E-state index is 0.0157. The number of nitrogens with one attached hydrogen (secondary N) is 2. The van der Waals surface area contributed by atoms with E-state index in [4.69, 9.17) is 4.74 Å². The third kappa shape index (κ3) is 3.87. The SMILES string of the molecule is CNCC1CCN(C(=O)Nc2ccc(OC)cc2)CC1. The number of rotatable bonds is 4. The van der Waals surface area contributed by atoms with E-state index in [0.717, 1.165) is 43.9 Å². The highest BCUT2D eigenvalue weighted by Crippen LogP contribution is 2.19. The molecule has 1 aromatic carbocycles. The highest BCUT2D eigenvalue weighted by atomic mass is 16.5. The second-order valence-corrected chi connectivity index (χ2v) is 5.15. The van der Waals surface area contributed by atoms with Gasteiger partial charge >= 0.3 is 6.03 Å². The van der Waals surface area contributed by atoms with Gasteiger partial charge in [0.2, 0.25) is 0 Å². The predicted molar refractivity (Wildman–Crippen MR) is 80.2 cm³/mol. The Hall–Kier alpha value is -1.75. The molecule has 0 bridgehead atoms. The third-order valence-electron chi connectivity index (χ3n) is 3.74. The summed E-state index contributed by atoms with van der Waals surface area (Å²) in [6, 6.07) is 7.37. The molecule has 0 saturated carbocycles. The number of carbonyl (C=O) groups excluding carboxylic acids is 1. The summed E-state index contributed by atoms with van der Waals surface area (Å²) in [6.45, 7) is 2.69. The second-order valence-electron chi connectivity index (χ2n) is 5.15. The number of amides is 2. The van der Waals surface area contributed by atoms with Gasteiger partial charge in [0.05, 0.1) is 7.11 Å². The zero-order chi connectivity index (χ0) is 14.4. The average Bonchev–Trinajstić information content (AvgIpc) is 2.49. The van der Waals surface area contributed by atoms with Crippen molar-refractivity contribution in [1.29, 1.82) is 0 Å². The van der Waals surface area contributed by atoms with Crippen molar-refractivity contribution in [3.05, 3.63) is 24.3 Å². The fourth-order valence-electron chi connectivity index (χ4n) is 2.51. The molecule has 5 nitrogen and oxygen atoms in total. The van der Waals surface area contributed by atoms with Gasteiger partial charge in [-0.2, -0.15) is 0 Å². The normalized spacial score (nSPS) is 16.0. The Morgan fingerprint density at radius 2 is 1.95 bits per heavy atom. The van der Waals surface area contributed by atoms with Crippen molar-refractivity contribution in [2.45, 2.75) is 12.8 Å². The Morgan fingerprint density at radius 1 is 1.30 bits per heavy atom. The number of nitrogens with zero attached hydrogens (tertiary/aromatic N) is 1. The fourth-order valence-corrected chi connectivity index (χ4v) is 2.51. The maximum Gasteiger partial charge on any atom is 0.321 e. The molecule has 2 rings (SSSR count). The molecular weight excluding hydrogens is 254 g/mol. The van der Waals surface area contributed by atoms with E-state index >= 15 is 0 Å². The van der Waals surface area contributed by atoms with Gasteiger partial charge in [-0.1, -0.05) is 0 Å². The molecule has 2 N–H and O–H groups in total. The first-order valence-electron chi connectivity index (χ1n) is 7.07. The number of hydrogen-bond donors (Lipinski definition) is 2. The molecule has 1 aromatic rings. The molecule has 5 heteroatoms. The van der Waals surface area contributed by atoms with E-state index in [0.29, 0.717) is 5.92 Å². The molecule has 20 heavy (non-hydrogen) atoms. The molecule has 0 spiro atoms. The van der Waals surface area contributed by atoms with Gasteiger partial charge in [-0.15, -0.1) is 0 Å². The van der Waals surface area contributed by atoms with Crippen LogP contribution in [-0.4, -0.2) is 44.7 Å². The molecule has 0 radical (unpaired) electrons. The van der Waals surface area contributed by atoms with Gasteiger partial charge in [0.25, 0.3) is 0 Å².